The monoisotopic (exact) mass is 309 g/mol. The van der Waals surface area contributed by atoms with Crippen LogP contribution in [0.4, 0.5) is 11.5 Å². The van der Waals surface area contributed by atoms with Crippen LogP contribution >= 0.6 is 11.3 Å². The molecule has 7 nitrogen and oxygen atoms in total. The maximum absolute atomic E-state index is 11.9. The van der Waals surface area contributed by atoms with Crippen LogP contribution in [0.15, 0.2) is 15.8 Å². The van der Waals surface area contributed by atoms with Gasteiger partial charge in [0.15, 0.2) is 0 Å². The number of hydrogen-bond donors (Lipinski definition) is 3. The van der Waals surface area contributed by atoms with E-state index in [1.807, 2.05) is 13.8 Å². The largest absolute Gasteiger partial charge is 0.383 e. The third-order valence-corrected chi connectivity index (χ3v) is 3.97. The highest BCUT2D eigenvalue weighted by Crippen LogP contribution is 2.15. The summed E-state index contributed by atoms with van der Waals surface area (Å²) in [6, 6.07) is 0. The van der Waals surface area contributed by atoms with Crippen LogP contribution in [0.25, 0.3) is 0 Å². The van der Waals surface area contributed by atoms with Gasteiger partial charge in [0.05, 0.1) is 6.54 Å². The molecule has 0 saturated carbocycles. The number of hydrogen-bond acceptors (Lipinski definition) is 6. The zero-order chi connectivity index (χ0) is 15.4. The Balaban J connectivity index is 2.26. The van der Waals surface area contributed by atoms with E-state index in [9.17, 15) is 9.59 Å². The fourth-order valence-electron chi connectivity index (χ4n) is 1.94. The van der Waals surface area contributed by atoms with Crippen LogP contribution in [0, 0.1) is 6.92 Å². The second kappa shape index (κ2) is 6.57. The Morgan fingerprint density at radius 1 is 1.48 bits per heavy atom. The van der Waals surface area contributed by atoms with E-state index in [1.54, 1.807) is 17.5 Å². The van der Waals surface area contributed by atoms with Crippen molar-refractivity contribution in [3.63, 3.8) is 0 Å². The minimum atomic E-state index is -0.501. The first-order valence-electron chi connectivity index (χ1n) is 6.80. The normalized spacial score (nSPS) is 10.8. The van der Waals surface area contributed by atoms with Gasteiger partial charge < -0.3 is 11.1 Å². The molecule has 2 rings (SSSR count). The lowest BCUT2D eigenvalue weighted by atomic mass is 10.3. The van der Waals surface area contributed by atoms with Gasteiger partial charge in [-0.3, -0.25) is 14.3 Å². The summed E-state index contributed by atoms with van der Waals surface area (Å²) in [5.41, 5.74) is 5.21. The molecule has 0 spiro atoms. The van der Waals surface area contributed by atoms with Gasteiger partial charge in [-0.2, -0.15) is 0 Å². The van der Waals surface area contributed by atoms with Crippen LogP contribution < -0.4 is 22.3 Å². The molecular weight excluding hydrogens is 290 g/mol. The van der Waals surface area contributed by atoms with Crippen molar-refractivity contribution in [1.29, 1.82) is 0 Å². The SMILES string of the molecule is CCCCn1c(N)c(NCc2ncc(C)s2)c(=O)[nH]c1=O. The van der Waals surface area contributed by atoms with E-state index >= 15 is 0 Å². The fourth-order valence-corrected chi connectivity index (χ4v) is 2.67. The highest BCUT2D eigenvalue weighted by molar-refractivity contribution is 7.11. The lowest BCUT2D eigenvalue weighted by Crippen LogP contribution is -2.34. The summed E-state index contributed by atoms with van der Waals surface area (Å²) in [6.07, 6.45) is 3.53. The lowest BCUT2D eigenvalue weighted by molar-refractivity contribution is 0.605. The number of unbranched alkanes of at least 4 members (excludes halogenated alkanes) is 1. The topological polar surface area (TPSA) is 106 Å². The van der Waals surface area contributed by atoms with Gasteiger partial charge in [-0.15, -0.1) is 11.3 Å². The van der Waals surface area contributed by atoms with Crippen LogP contribution in [0.1, 0.15) is 29.7 Å². The minimum Gasteiger partial charge on any atom is -0.383 e. The predicted molar refractivity (Wildman–Crippen MR) is 84.8 cm³/mol. The number of anilines is 2. The van der Waals surface area contributed by atoms with Gasteiger partial charge in [0.25, 0.3) is 5.56 Å². The highest BCUT2D eigenvalue weighted by Gasteiger charge is 2.12. The molecule has 0 bridgehead atoms. The first-order valence-corrected chi connectivity index (χ1v) is 7.62. The Labute approximate surface area is 125 Å². The second-order valence-corrected chi connectivity index (χ2v) is 6.06. The standard InChI is InChI=1S/C13H19N5O2S/c1-3-4-5-18-11(14)10(12(19)17-13(18)20)16-7-9-15-6-8(2)21-9/h6,16H,3-5,7,14H2,1-2H3,(H,17,19,20). The molecule has 0 amide bonds. The van der Waals surface area contributed by atoms with E-state index in [0.717, 1.165) is 22.7 Å². The van der Waals surface area contributed by atoms with Crippen LogP contribution in [0.5, 0.6) is 0 Å². The molecule has 0 fully saturated rings. The third-order valence-electron chi connectivity index (χ3n) is 3.06. The quantitative estimate of drug-likeness (QED) is 0.745. The lowest BCUT2D eigenvalue weighted by Gasteiger charge is -2.12. The van der Waals surface area contributed by atoms with Gasteiger partial charge in [0.1, 0.15) is 16.5 Å². The zero-order valence-electron chi connectivity index (χ0n) is 12.1. The molecule has 0 atom stereocenters. The summed E-state index contributed by atoms with van der Waals surface area (Å²) < 4.78 is 1.39. The van der Waals surface area contributed by atoms with Crippen LogP contribution in [-0.4, -0.2) is 14.5 Å². The van der Waals surface area contributed by atoms with Crippen molar-refractivity contribution in [2.45, 2.75) is 39.8 Å². The summed E-state index contributed by atoms with van der Waals surface area (Å²) in [4.78, 5) is 31.3. The average molecular weight is 309 g/mol. The summed E-state index contributed by atoms with van der Waals surface area (Å²) in [6.45, 7) is 4.88. The van der Waals surface area contributed by atoms with Gasteiger partial charge in [0, 0.05) is 17.6 Å². The molecule has 0 aliphatic rings. The molecule has 2 heterocycles. The van der Waals surface area contributed by atoms with E-state index < -0.39 is 11.2 Å². The summed E-state index contributed by atoms with van der Waals surface area (Å²) in [5.74, 6) is 0.172. The number of aryl methyl sites for hydroxylation is 1. The predicted octanol–water partition coefficient (Wildman–Crippen LogP) is 1.30. The fraction of sp³-hybridized carbons (Fsp3) is 0.462. The molecule has 0 radical (unpaired) electrons. The number of aromatic nitrogens is 3. The van der Waals surface area contributed by atoms with Crippen molar-refractivity contribution in [2.24, 2.45) is 0 Å². The van der Waals surface area contributed by atoms with Crippen molar-refractivity contribution in [1.82, 2.24) is 14.5 Å². The molecular formula is C13H19N5O2S. The molecule has 0 aliphatic heterocycles. The van der Waals surface area contributed by atoms with E-state index in [-0.39, 0.29) is 11.5 Å². The number of aromatic amines is 1. The van der Waals surface area contributed by atoms with Crippen LogP contribution in [-0.2, 0) is 13.1 Å². The first-order chi connectivity index (χ1) is 10.0. The van der Waals surface area contributed by atoms with E-state index in [4.69, 9.17) is 5.73 Å². The number of nitrogens with two attached hydrogens (primary N) is 1. The molecule has 0 saturated heterocycles. The summed E-state index contributed by atoms with van der Waals surface area (Å²) in [7, 11) is 0. The molecule has 8 heteroatoms. The smallest absolute Gasteiger partial charge is 0.330 e. The van der Waals surface area contributed by atoms with Crippen LogP contribution in [0.2, 0.25) is 0 Å². The maximum atomic E-state index is 11.9. The van der Waals surface area contributed by atoms with E-state index in [1.165, 1.54) is 4.57 Å². The molecule has 2 aromatic heterocycles. The van der Waals surface area contributed by atoms with E-state index in [2.05, 4.69) is 15.3 Å². The Bertz CT molecular complexity index is 731. The molecule has 0 aliphatic carbocycles. The Kier molecular flexibility index (Phi) is 4.79. The van der Waals surface area contributed by atoms with E-state index in [0.29, 0.717) is 13.1 Å². The number of nitrogens with one attached hydrogen (secondary N) is 2. The molecule has 2 aromatic rings. The zero-order valence-corrected chi connectivity index (χ0v) is 12.9. The minimum absolute atomic E-state index is 0.172. The molecule has 0 aromatic carbocycles. The first kappa shape index (κ1) is 15.3. The van der Waals surface area contributed by atoms with Crippen molar-refractivity contribution < 1.29 is 0 Å². The summed E-state index contributed by atoms with van der Waals surface area (Å²) >= 11 is 1.54. The van der Waals surface area contributed by atoms with Crippen molar-refractivity contribution >= 4 is 22.8 Å². The Hall–Kier alpha value is -2.09. The Morgan fingerprint density at radius 2 is 2.24 bits per heavy atom. The number of nitrogen functional groups attached to an aromatic ring is 1. The third kappa shape index (κ3) is 3.52. The Morgan fingerprint density at radius 3 is 2.86 bits per heavy atom. The molecule has 0 unspecified atom stereocenters. The van der Waals surface area contributed by atoms with Crippen molar-refractivity contribution in [3.05, 3.63) is 36.9 Å². The maximum Gasteiger partial charge on any atom is 0.330 e. The van der Waals surface area contributed by atoms with Crippen LogP contribution in [0.3, 0.4) is 0 Å². The highest BCUT2D eigenvalue weighted by atomic mass is 32.1. The number of H-pyrrole nitrogens is 1. The van der Waals surface area contributed by atoms with Crippen molar-refractivity contribution in [3.8, 4) is 0 Å². The number of rotatable bonds is 6. The number of nitrogens with zero attached hydrogens (tertiary/aromatic N) is 2. The van der Waals surface area contributed by atoms with Gasteiger partial charge in [-0.05, 0) is 13.3 Å². The molecule has 4 N–H and O–H groups in total. The molecule has 114 valence electrons. The van der Waals surface area contributed by atoms with Gasteiger partial charge in [-0.1, -0.05) is 13.3 Å². The average Bonchev–Trinajstić information content (AvgIpc) is 2.84. The van der Waals surface area contributed by atoms with Gasteiger partial charge >= 0.3 is 5.69 Å². The molecule has 21 heavy (non-hydrogen) atoms. The number of thiazole rings is 1. The second-order valence-electron chi connectivity index (χ2n) is 4.74. The van der Waals surface area contributed by atoms with Crippen molar-refractivity contribution in [2.75, 3.05) is 11.1 Å². The van der Waals surface area contributed by atoms with Gasteiger partial charge in [0.2, 0.25) is 0 Å². The van der Waals surface area contributed by atoms with Gasteiger partial charge in [-0.25, -0.2) is 9.78 Å². The summed E-state index contributed by atoms with van der Waals surface area (Å²) in [5, 5.41) is 3.83.